The summed E-state index contributed by atoms with van der Waals surface area (Å²) < 4.78 is 1.90. The van der Waals surface area contributed by atoms with Gasteiger partial charge in [-0.15, -0.1) is 0 Å². The Morgan fingerprint density at radius 3 is 2.58 bits per heavy atom. The number of aryl methyl sites for hydroxylation is 1. The number of aromatic nitrogens is 1. The molecule has 1 aliphatic heterocycles. The maximum atomic E-state index is 11.7. The average Bonchev–Trinajstić information content (AvgIpc) is 3.20. The summed E-state index contributed by atoms with van der Waals surface area (Å²) in [6.45, 7) is 5.81. The van der Waals surface area contributed by atoms with Gasteiger partial charge in [-0.3, -0.25) is 0 Å². The Morgan fingerprint density at radius 2 is 1.96 bits per heavy atom. The van der Waals surface area contributed by atoms with Gasteiger partial charge in [-0.25, -0.2) is 4.79 Å². The summed E-state index contributed by atoms with van der Waals surface area (Å²) in [5, 5.41) is 20.0. The first-order valence-corrected chi connectivity index (χ1v) is 8.85. The van der Waals surface area contributed by atoms with Crippen molar-refractivity contribution in [2.24, 2.45) is 0 Å². The summed E-state index contributed by atoms with van der Waals surface area (Å²) in [6.07, 6.45) is 6.31. The molecule has 1 aromatic carbocycles. The number of fused-ring (bicyclic) bond motifs is 1. The molecule has 1 fully saturated rings. The van der Waals surface area contributed by atoms with E-state index in [-0.39, 0.29) is 6.61 Å². The van der Waals surface area contributed by atoms with Crippen LogP contribution >= 0.6 is 0 Å². The van der Waals surface area contributed by atoms with Crippen LogP contribution in [0.5, 0.6) is 0 Å². The van der Waals surface area contributed by atoms with Crippen molar-refractivity contribution in [2.45, 2.75) is 39.2 Å². The van der Waals surface area contributed by atoms with Crippen molar-refractivity contribution in [3.63, 3.8) is 0 Å². The van der Waals surface area contributed by atoms with Crippen molar-refractivity contribution in [3.8, 4) is 0 Å². The van der Waals surface area contributed by atoms with Gasteiger partial charge in [0.2, 0.25) is 0 Å². The summed E-state index contributed by atoms with van der Waals surface area (Å²) >= 11 is 0. The number of hydrogen-bond acceptors (Lipinski definition) is 3. The lowest BCUT2D eigenvalue weighted by Gasteiger charge is -2.13. The van der Waals surface area contributed by atoms with Gasteiger partial charge in [0.25, 0.3) is 0 Å². The van der Waals surface area contributed by atoms with E-state index in [0.29, 0.717) is 12.1 Å². The summed E-state index contributed by atoms with van der Waals surface area (Å²) in [6, 6.07) is 3.89. The van der Waals surface area contributed by atoms with Gasteiger partial charge in [-0.2, -0.15) is 0 Å². The molecule has 0 bridgehead atoms. The third-order valence-electron chi connectivity index (χ3n) is 4.99. The lowest BCUT2D eigenvalue weighted by molar-refractivity contribution is 0.0698. The number of aromatic carboxylic acids is 1. The molecule has 1 aliphatic rings. The molecule has 1 aromatic heterocycles. The quantitative estimate of drug-likeness (QED) is 0.819. The maximum absolute atomic E-state index is 11.7. The van der Waals surface area contributed by atoms with Crippen LogP contribution in [0.1, 0.15) is 41.3 Å². The van der Waals surface area contributed by atoms with Gasteiger partial charge in [-0.1, -0.05) is 6.92 Å². The molecule has 2 N–H and O–H groups in total. The molecule has 5 heteroatoms. The van der Waals surface area contributed by atoms with Crippen LogP contribution in [0.2, 0.25) is 0 Å². The molecule has 0 saturated carbocycles. The number of aliphatic hydroxyl groups excluding tert-OH is 1. The summed E-state index contributed by atoms with van der Waals surface area (Å²) in [4.78, 5) is 14.2. The Hall–Kier alpha value is -1.85. The number of carbonyl (C=O) groups is 1. The number of likely N-dealkylation sites (tertiary alicyclic amines) is 1. The minimum atomic E-state index is -0.904. The van der Waals surface area contributed by atoms with Crippen LogP contribution in [0.25, 0.3) is 10.9 Å². The second-order valence-corrected chi connectivity index (χ2v) is 6.57. The van der Waals surface area contributed by atoms with E-state index in [2.05, 4.69) is 11.0 Å². The standard InChI is InChI=1S/C19H26N2O3/c1-2-14-11-16-15(5-8-20-6-3-4-7-20)13-21(9-10-22)18(16)17(12-14)19(23)24/h11-13,22H,2-10H2,1H3,(H,23,24). The molecule has 24 heavy (non-hydrogen) atoms. The van der Waals surface area contributed by atoms with E-state index in [1.165, 1.54) is 18.4 Å². The first-order valence-electron chi connectivity index (χ1n) is 8.85. The topological polar surface area (TPSA) is 65.7 Å². The molecule has 0 spiro atoms. The van der Waals surface area contributed by atoms with Crippen LogP contribution in [0.3, 0.4) is 0 Å². The Balaban J connectivity index is 2.03. The number of nitrogens with zero attached hydrogens (tertiary/aromatic N) is 2. The second kappa shape index (κ2) is 7.36. The van der Waals surface area contributed by atoms with E-state index in [4.69, 9.17) is 0 Å². The van der Waals surface area contributed by atoms with Gasteiger partial charge in [0.05, 0.1) is 17.7 Å². The third-order valence-corrected chi connectivity index (χ3v) is 4.99. The molecule has 2 aromatic rings. The predicted molar refractivity (Wildman–Crippen MR) is 94.7 cm³/mol. The average molecular weight is 330 g/mol. The van der Waals surface area contributed by atoms with Crippen LogP contribution in [0.4, 0.5) is 0 Å². The molecule has 0 amide bonds. The van der Waals surface area contributed by atoms with Gasteiger partial charge >= 0.3 is 5.97 Å². The van der Waals surface area contributed by atoms with Crippen LogP contribution in [0.15, 0.2) is 18.3 Å². The highest BCUT2D eigenvalue weighted by molar-refractivity contribution is 6.04. The molecule has 5 nitrogen and oxygen atoms in total. The van der Waals surface area contributed by atoms with Crippen molar-refractivity contribution in [3.05, 3.63) is 35.0 Å². The Kier molecular flexibility index (Phi) is 5.21. The van der Waals surface area contributed by atoms with Crippen LogP contribution in [-0.2, 0) is 19.4 Å². The fourth-order valence-corrected chi connectivity index (χ4v) is 3.71. The molecule has 2 heterocycles. The smallest absolute Gasteiger partial charge is 0.337 e. The number of carboxylic acid groups (broad SMARTS) is 1. The van der Waals surface area contributed by atoms with E-state index in [1.807, 2.05) is 17.7 Å². The first-order chi connectivity index (χ1) is 11.6. The highest BCUT2D eigenvalue weighted by Gasteiger charge is 2.19. The second-order valence-electron chi connectivity index (χ2n) is 6.57. The third kappa shape index (κ3) is 3.32. The minimum Gasteiger partial charge on any atom is -0.478 e. The van der Waals surface area contributed by atoms with E-state index in [0.717, 1.165) is 48.9 Å². The molecule has 0 atom stereocenters. The number of hydrogen-bond donors (Lipinski definition) is 2. The molecule has 0 radical (unpaired) electrons. The zero-order valence-electron chi connectivity index (χ0n) is 14.3. The van der Waals surface area contributed by atoms with Crippen molar-refractivity contribution >= 4 is 16.9 Å². The van der Waals surface area contributed by atoms with E-state index in [9.17, 15) is 15.0 Å². The maximum Gasteiger partial charge on any atom is 0.337 e. The van der Waals surface area contributed by atoms with Crippen LogP contribution in [-0.4, -0.2) is 51.9 Å². The Morgan fingerprint density at radius 1 is 1.21 bits per heavy atom. The lowest BCUT2D eigenvalue weighted by atomic mass is 10.0. The zero-order chi connectivity index (χ0) is 17.1. The number of benzene rings is 1. The van der Waals surface area contributed by atoms with E-state index >= 15 is 0 Å². The molecule has 1 saturated heterocycles. The minimum absolute atomic E-state index is 0.00390. The zero-order valence-corrected chi connectivity index (χ0v) is 14.3. The van der Waals surface area contributed by atoms with Crippen molar-refractivity contribution in [1.82, 2.24) is 9.47 Å². The summed E-state index contributed by atoms with van der Waals surface area (Å²) in [5.41, 5.74) is 3.31. The van der Waals surface area contributed by atoms with Gasteiger partial charge in [0.1, 0.15) is 0 Å². The van der Waals surface area contributed by atoms with E-state index < -0.39 is 5.97 Å². The SMILES string of the molecule is CCc1cc(C(=O)O)c2c(c1)c(CCN1CCCC1)cn2CCO. The summed E-state index contributed by atoms with van der Waals surface area (Å²) in [5.74, 6) is -0.904. The fraction of sp³-hybridized carbons (Fsp3) is 0.526. The molecule has 130 valence electrons. The molecular weight excluding hydrogens is 304 g/mol. The monoisotopic (exact) mass is 330 g/mol. The van der Waals surface area contributed by atoms with Gasteiger partial charge in [-0.05, 0) is 62.0 Å². The van der Waals surface area contributed by atoms with Crippen LogP contribution in [0, 0.1) is 0 Å². The van der Waals surface area contributed by atoms with Crippen molar-refractivity contribution in [1.29, 1.82) is 0 Å². The highest BCUT2D eigenvalue weighted by Crippen LogP contribution is 2.28. The fourth-order valence-electron chi connectivity index (χ4n) is 3.71. The predicted octanol–water partition coefficient (Wildman–Crippen LogP) is 2.53. The Bertz CT molecular complexity index is 730. The van der Waals surface area contributed by atoms with Crippen molar-refractivity contribution < 1.29 is 15.0 Å². The summed E-state index contributed by atoms with van der Waals surface area (Å²) in [7, 11) is 0. The van der Waals surface area contributed by atoms with Gasteiger partial charge < -0.3 is 19.7 Å². The number of carboxylic acids is 1. The lowest BCUT2D eigenvalue weighted by Crippen LogP contribution is -2.21. The van der Waals surface area contributed by atoms with Crippen LogP contribution < -0.4 is 0 Å². The number of rotatable bonds is 7. The Labute approximate surface area is 142 Å². The van der Waals surface area contributed by atoms with Gasteiger partial charge in [0, 0.05) is 24.7 Å². The highest BCUT2D eigenvalue weighted by atomic mass is 16.4. The van der Waals surface area contributed by atoms with Gasteiger partial charge in [0.15, 0.2) is 0 Å². The molecule has 0 unspecified atom stereocenters. The number of aliphatic hydroxyl groups is 1. The molecule has 0 aliphatic carbocycles. The molecular formula is C19H26N2O3. The largest absolute Gasteiger partial charge is 0.478 e. The first kappa shape index (κ1) is 17.0. The van der Waals surface area contributed by atoms with E-state index in [1.54, 1.807) is 6.07 Å². The van der Waals surface area contributed by atoms with Crippen molar-refractivity contribution in [2.75, 3.05) is 26.2 Å². The normalized spacial score (nSPS) is 15.4. The molecule has 3 rings (SSSR count).